The molecule has 1 aromatic carbocycles. The van der Waals surface area contributed by atoms with Gasteiger partial charge >= 0.3 is 0 Å². The van der Waals surface area contributed by atoms with Gasteiger partial charge in [0.2, 0.25) is 5.28 Å². The van der Waals surface area contributed by atoms with E-state index in [2.05, 4.69) is 26.1 Å². The molecule has 0 radical (unpaired) electrons. The van der Waals surface area contributed by atoms with Crippen molar-refractivity contribution in [2.45, 2.75) is 13.3 Å². The van der Waals surface area contributed by atoms with Crippen molar-refractivity contribution >= 4 is 27.5 Å². The van der Waals surface area contributed by atoms with Gasteiger partial charge in [0, 0.05) is 6.42 Å². The van der Waals surface area contributed by atoms with Gasteiger partial charge in [0.05, 0.1) is 10.2 Å². The summed E-state index contributed by atoms with van der Waals surface area (Å²) >= 11 is 9.00. The van der Waals surface area contributed by atoms with Gasteiger partial charge in [-0.25, -0.2) is 4.39 Å². The molecular formula is C10H8BrClFN3. The van der Waals surface area contributed by atoms with E-state index in [-0.39, 0.29) is 11.1 Å². The molecular weight excluding hydrogens is 296 g/mol. The van der Waals surface area contributed by atoms with Gasteiger partial charge in [-0.15, -0.1) is 10.2 Å². The summed E-state index contributed by atoms with van der Waals surface area (Å²) in [7, 11) is 0. The molecule has 1 aromatic heterocycles. The zero-order valence-electron chi connectivity index (χ0n) is 8.41. The Morgan fingerprint density at radius 3 is 2.81 bits per heavy atom. The summed E-state index contributed by atoms with van der Waals surface area (Å²) in [6, 6.07) is 4.76. The maximum absolute atomic E-state index is 13.4. The predicted octanol–water partition coefficient (Wildman–Crippen LogP) is 3.38. The molecule has 0 fully saturated rings. The lowest BCUT2D eigenvalue weighted by atomic mass is 10.3. The Bertz CT molecular complexity index is 527. The molecule has 2 rings (SSSR count). The minimum Gasteiger partial charge on any atom is -0.270 e. The molecule has 3 nitrogen and oxygen atoms in total. The summed E-state index contributed by atoms with van der Waals surface area (Å²) < 4.78 is 15.4. The average Bonchev–Trinajstić information content (AvgIpc) is 2.64. The SMILES string of the molecule is CCc1nnc(Cl)n1-c1ccc(Br)c(F)c1. The van der Waals surface area contributed by atoms with E-state index in [4.69, 9.17) is 11.6 Å². The summed E-state index contributed by atoms with van der Waals surface area (Å²) in [5.74, 6) is 0.357. The molecule has 84 valence electrons. The van der Waals surface area contributed by atoms with Crippen LogP contribution in [0.1, 0.15) is 12.7 Å². The molecule has 0 amide bonds. The highest BCUT2D eigenvalue weighted by atomic mass is 79.9. The molecule has 0 saturated heterocycles. The lowest BCUT2D eigenvalue weighted by Crippen LogP contribution is -2.00. The van der Waals surface area contributed by atoms with Gasteiger partial charge in [-0.2, -0.15) is 0 Å². The Labute approximate surface area is 105 Å². The Morgan fingerprint density at radius 2 is 2.19 bits per heavy atom. The fourth-order valence-corrected chi connectivity index (χ4v) is 1.88. The van der Waals surface area contributed by atoms with E-state index in [0.29, 0.717) is 22.4 Å². The summed E-state index contributed by atoms with van der Waals surface area (Å²) in [4.78, 5) is 0. The molecule has 0 aliphatic heterocycles. The van der Waals surface area contributed by atoms with Gasteiger partial charge < -0.3 is 0 Å². The van der Waals surface area contributed by atoms with Crippen LogP contribution in [0.2, 0.25) is 5.28 Å². The maximum Gasteiger partial charge on any atom is 0.229 e. The number of rotatable bonds is 2. The van der Waals surface area contributed by atoms with Crippen LogP contribution in [-0.2, 0) is 6.42 Å². The molecule has 2 aromatic rings. The molecule has 6 heteroatoms. The van der Waals surface area contributed by atoms with E-state index in [1.165, 1.54) is 6.07 Å². The van der Waals surface area contributed by atoms with Crippen molar-refractivity contribution in [3.63, 3.8) is 0 Å². The largest absolute Gasteiger partial charge is 0.270 e. The van der Waals surface area contributed by atoms with Crippen molar-refractivity contribution in [3.05, 3.63) is 39.6 Å². The molecule has 0 bridgehead atoms. The summed E-state index contributed by atoms with van der Waals surface area (Å²) in [6.45, 7) is 1.94. The second-order valence-corrected chi connectivity index (χ2v) is 4.37. The van der Waals surface area contributed by atoms with Gasteiger partial charge in [0.1, 0.15) is 11.6 Å². The predicted molar refractivity (Wildman–Crippen MR) is 63.4 cm³/mol. The van der Waals surface area contributed by atoms with Gasteiger partial charge in [-0.3, -0.25) is 4.57 Å². The standard InChI is InChI=1S/C10H8BrClFN3/c1-2-9-14-15-10(12)16(9)6-3-4-7(11)8(13)5-6/h3-5H,2H2,1H3. The highest BCUT2D eigenvalue weighted by Crippen LogP contribution is 2.22. The molecule has 0 aliphatic carbocycles. The Hall–Kier alpha value is -0.940. The van der Waals surface area contributed by atoms with Gasteiger partial charge in [-0.05, 0) is 45.7 Å². The molecule has 0 N–H and O–H groups in total. The Kier molecular flexibility index (Phi) is 3.25. The van der Waals surface area contributed by atoms with E-state index in [1.54, 1.807) is 16.7 Å². The second-order valence-electron chi connectivity index (χ2n) is 3.17. The van der Waals surface area contributed by atoms with Crippen molar-refractivity contribution in [3.8, 4) is 5.69 Å². The third-order valence-corrected chi connectivity index (χ3v) is 3.06. The van der Waals surface area contributed by atoms with Crippen LogP contribution in [0.4, 0.5) is 4.39 Å². The number of benzene rings is 1. The van der Waals surface area contributed by atoms with Gasteiger partial charge in [0.15, 0.2) is 0 Å². The quantitative estimate of drug-likeness (QED) is 0.851. The van der Waals surface area contributed by atoms with Crippen LogP contribution in [0.3, 0.4) is 0 Å². The van der Waals surface area contributed by atoms with E-state index in [0.717, 1.165) is 0 Å². The highest BCUT2D eigenvalue weighted by molar-refractivity contribution is 9.10. The summed E-state index contributed by atoms with van der Waals surface area (Å²) in [6.07, 6.45) is 0.678. The molecule has 1 heterocycles. The number of hydrogen-bond acceptors (Lipinski definition) is 2. The van der Waals surface area contributed by atoms with Crippen molar-refractivity contribution in [1.29, 1.82) is 0 Å². The first-order chi connectivity index (χ1) is 7.63. The third-order valence-electron chi connectivity index (χ3n) is 2.17. The lowest BCUT2D eigenvalue weighted by molar-refractivity contribution is 0.619. The first-order valence-electron chi connectivity index (χ1n) is 4.68. The van der Waals surface area contributed by atoms with Crippen LogP contribution in [0.5, 0.6) is 0 Å². The average molecular weight is 305 g/mol. The number of halogens is 3. The van der Waals surface area contributed by atoms with E-state index < -0.39 is 0 Å². The topological polar surface area (TPSA) is 30.7 Å². The van der Waals surface area contributed by atoms with E-state index >= 15 is 0 Å². The number of nitrogens with zero attached hydrogens (tertiary/aromatic N) is 3. The zero-order chi connectivity index (χ0) is 11.7. The van der Waals surface area contributed by atoms with Crippen molar-refractivity contribution < 1.29 is 4.39 Å². The van der Waals surface area contributed by atoms with Crippen molar-refractivity contribution in [2.75, 3.05) is 0 Å². The first kappa shape index (κ1) is 11.5. The van der Waals surface area contributed by atoms with Crippen LogP contribution < -0.4 is 0 Å². The monoisotopic (exact) mass is 303 g/mol. The zero-order valence-corrected chi connectivity index (χ0v) is 10.8. The smallest absolute Gasteiger partial charge is 0.229 e. The van der Waals surface area contributed by atoms with E-state index in [9.17, 15) is 4.39 Å². The summed E-state index contributed by atoms with van der Waals surface area (Å²) in [5, 5.41) is 7.90. The third kappa shape index (κ3) is 1.97. The highest BCUT2D eigenvalue weighted by Gasteiger charge is 2.11. The van der Waals surface area contributed by atoms with Crippen molar-refractivity contribution in [2.24, 2.45) is 0 Å². The van der Waals surface area contributed by atoms with Crippen LogP contribution in [0.15, 0.2) is 22.7 Å². The minimum absolute atomic E-state index is 0.235. The molecule has 0 atom stereocenters. The molecule has 0 spiro atoms. The van der Waals surface area contributed by atoms with Crippen LogP contribution in [0.25, 0.3) is 5.69 Å². The number of aryl methyl sites for hydroxylation is 1. The van der Waals surface area contributed by atoms with Crippen molar-refractivity contribution in [1.82, 2.24) is 14.8 Å². The fourth-order valence-electron chi connectivity index (χ4n) is 1.40. The van der Waals surface area contributed by atoms with Crippen LogP contribution in [0, 0.1) is 5.82 Å². The van der Waals surface area contributed by atoms with Crippen LogP contribution in [-0.4, -0.2) is 14.8 Å². The normalized spacial score (nSPS) is 10.8. The first-order valence-corrected chi connectivity index (χ1v) is 5.85. The summed E-state index contributed by atoms with van der Waals surface area (Å²) in [5.41, 5.74) is 0.618. The molecule has 0 saturated carbocycles. The fraction of sp³-hybridized carbons (Fsp3) is 0.200. The minimum atomic E-state index is -0.343. The Morgan fingerprint density at radius 1 is 1.44 bits per heavy atom. The molecule has 16 heavy (non-hydrogen) atoms. The molecule has 0 aliphatic rings. The number of aromatic nitrogens is 3. The maximum atomic E-state index is 13.4. The van der Waals surface area contributed by atoms with Crippen LogP contribution >= 0.6 is 27.5 Å². The van der Waals surface area contributed by atoms with Gasteiger partial charge in [-0.1, -0.05) is 6.92 Å². The molecule has 0 unspecified atom stereocenters. The van der Waals surface area contributed by atoms with E-state index in [1.807, 2.05) is 6.92 Å². The Balaban J connectivity index is 2.57. The second kappa shape index (κ2) is 4.51. The van der Waals surface area contributed by atoms with Gasteiger partial charge in [0.25, 0.3) is 0 Å². The number of hydrogen-bond donors (Lipinski definition) is 0. The lowest BCUT2D eigenvalue weighted by Gasteiger charge is -2.07.